The molecular weight excluding hydrogens is 254 g/mol. The first-order chi connectivity index (χ1) is 9.65. The average Bonchev–Trinajstić information content (AvgIpc) is 2.46. The number of nitrogens with one attached hydrogen (secondary N) is 1. The maximum Gasteiger partial charge on any atom is 0.335 e. The van der Waals surface area contributed by atoms with E-state index in [4.69, 9.17) is 5.11 Å². The van der Waals surface area contributed by atoms with E-state index in [2.05, 4.69) is 17.2 Å². The number of amides is 1. The number of hydrogen-bond acceptors (Lipinski definition) is 2. The van der Waals surface area contributed by atoms with Crippen LogP contribution in [-0.2, 0) is 4.79 Å². The van der Waals surface area contributed by atoms with Crippen LogP contribution in [-0.4, -0.2) is 17.0 Å². The molecule has 4 heteroatoms. The lowest BCUT2D eigenvalue weighted by Gasteiger charge is -1.98. The molecule has 0 atom stereocenters. The molecule has 98 valence electrons. The Labute approximate surface area is 116 Å². The molecule has 2 rings (SSSR count). The van der Waals surface area contributed by atoms with Crippen LogP contribution in [0.1, 0.15) is 15.9 Å². The first kappa shape index (κ1) is 13.4. The van der Waals surface area contributed by atoms with Crippen molar-refractivity contribution in [1.82, 2.24) is 0 Å². The van der Waals surface area contributed by atoms with Gasteiger partial charge in [-0.2, -0.15) is 0 Å². The van der Waals surface area contributed by atoms with E-state index in [0.717, 1.165) is 0 Å². The molecule has 0 spiro atoms. The normalized spacial score (nSPS) is 9.20. The van der Waals surface area contributed by atoms with Gasteiger partial charge in [-0.1, -0.05) is 24.1 Å². The lowest BCUT2D eigenvalue weighted by molar-refractivity contribution is -0.111. The monoisotopic (exact) mass is 265 g/mol. The van der Waals surface area contributed by atoms with Gasteiger partial charge >= 0.3 is 11.9 Å². The number of hydrogen-bond donors (Lipinski definition) is 2. The number of benzene rings is 2. The van der Waals surface area contributed by atoms with Crippen LogP contribution >= 0.6 is 0 Å². The lowest BCUT2D eigenvalue weighted by atomic mass is 10.1. The molecule has 0 aliphatic rings. The number of para-hydroxylation sites is 1. The molecule has 2 aromatic rings. The molecule has 0 aliphatic heterocycles. The zero-order valence-electron chi connectivity index (χ0n) is 10.5. The molecule has 0 unspecified atom stereocenters. The third-order valence-electron chi connectivity index (χ3n) is 2.48. The molecule has 2 N–H and O–H groups in total. The van der Waals surface area contributed by atoms with Gasteiger partial charge in [-0.15, -0.1) is 0 Å². The molecule has 0 saturated carbocycles. The van der Waals surface area contributed by atoms with E-state index < -0.39 is 11.9 Å². The molecule has 0 bridgehead atoms. The number of rotatable bonds is 2. The van der Waals surface area contributed by atoms with E-state index in [-0.39, 0.29) is 5.56 Å². The molecule has 4 nitrogen and oxygen atoms in total. The van der Waals surface area contributed by atoms with Crippen LogP contribution in [0.4, 0.5) is 5.69 Å². The van der Waals surface area contributed by atoms with Crippen molar-refractivity contribution in [2.45, 2.75) is 0 Å². The summed E-state index contributed by atoms with van der Waals surface area (Å²) in [6.07, 6.45) is 0. The zero-order chi connectivity index (χ0) is 14.4. The number of aromatic carboxylic acids is 1. The Morgan fingerprint density at radius 3 is 2.20 bits per heavy atom. The van der Waals surface area contributed by atoms with Crippen LogP contribution in [0.5, 0.6) is 0 Å². The SMILES string of the molecule is O=C(C#Cc1ccc(C(=O)O)cc1)Nc1ccccc1. The molecule has 2 aromatic carbocycles. The summed E-state index contributed by atoms with van der Waals surface area (Å²) >= 11 is 0. The van der Waals surface area contributed by atoms with Gasteiger partial charge in [0.2, 0.25) is 0 Å². The van der Waals surface area contributed by atoms with E-state index in [1.165, 1.54) is 12.1 Å². The standard InChI is InChI=1S/C16H11NO3/c18-15(17-14-4-2-1-3-5-14)11-8-12-6-9-13(10-7-12)16(19)20/h1-7,9-10H,(H,17,18)(H,19,20). The number of carbonyl (C=O) groups is 2. The van der Waals surface area contributed by atoms with E-state index in [1.54, 1.807) is 24.3 Å². The summed E-state index contributed by atoms with van der Waals surface area (Å²) in [5.41, 5.74) is 1.44. The molecule has 0 radical (unpaired) electrons. The van der Waals surface area contributed by atoms with Gasteiger partial charge in [0.15, 0.2) is 0 Å². The molecule has 0 aromatic heterocycles. The summed E-state index contributed by atoms with van der Waals surface area (Å²) < 4.78 is 0. The quantitative estimate of drug-likeness (QED) is 0.819. The van der Waals surface area contributed by atoms with Crippen molar-refractivity contribution in [3.63, 3.8) is 0 Å². The first-order valence-electron chi connectivity index (χ1n) is 5.86. The van der Waals surface area contributed by atoms with Crippen LogP contribution in [0, 0.1) is 11.8 Å². The molecule has 0 saturated heterocycles. The maximum atomic E-state index is 11.6. The number of anilines is 1. The third-order valence-corrected chi connectivity index (χ3v) is 2.48. The molecule has 0 fully saturated rings. The maximum absolute atomic E-state index is 11.6. The Morgan fingerprint density at radius 2 is 1.60 bits per heavy atom. The van der Waals surface area contributed by atoms with Crippen molar-refractivity contribution in [3.05, 3.63) is 65.7 Å². The minimum atomic E-state index is -0.994. The third kappa shape index (κ3) is 3.72. The molecule has 20 heavy (non-hydrogen) atoms. The number of carboxylic acid groups (broad SMARTS) is 1. The van der Waals surface area contributed by atoms with Gasteiger partial charge in [-0.05, 0) is 36.4 Å². The molecule has 0 heterocycles. The summed E-state index contributed by atoms with van der Waals surface area (Å²) in [6, 6.07) is 15.0. The summed E-state index contributed by atoms with van der Waals surface area (Å²) in [7, 11) is 0. The fourth-order valence-electron chi connectivity index (χ4n) is 1.51. The lowest BCUT2D eigenvalue weighted by Crippen LogP contribution is -2.08. The van der Waals surface area contributed by atoms with E-state index in [9.17, 15) is 9.59 Å². The Hall–Kier alpha value is -3.06. The minimum absolute atomic E-state index is 0.185. The molecular formula is C16H11NO3. The second-order valence-electron chi connectivity index (χ2n) is 3.95. The molecule has 1 amide bonds. The highest BCUT2D eigenvalue weighted by Gasteiger charge is 2.00. The van der Waals surface area contributed by atoms with E-state index in [0.29, 0.717) is 11.3 Å². The van der Waals surface area contributed by atoms with Gasteiger partial charge in [-0.3, -0.25) is 4.79 Å². The Balaban J connectivity index is 2.03. The predicted molar refractivity (Wildman–Crippen MR) is 75.4 cm³/mol. The highest BCUT2D eigenvalue weighted by molar-refractivity contribution is 6.04. The number of carbonyl (C=O) groups excluding carboxylic acids is 1. The summed E-state index contributed by atoms with van der Waals surface area (Å²) in [5.74, 6) is 3.71. The topological polar surface area (TPSA) is 66.4 Å². The van der Waals surface area contributed by atoms with Crippen molar-refractivity contribution in [2.75, 3.05) is 5.32 Å². The fourth-order valence-corrected chi connectivity index (χ4v) is 1.51. The van der Waals surface area contributed by atoms with Gasteiger partial charge in [0.25, 0.3) is 0 Å². The number of carboxylic acids is 1. The van der Waals surface area contributed by atoms with Crippen molar-refractivity contribution in [3.8, 4) is 11.8 Å². The smallest absolute Gasteiger partial charge is 0.335 e. The van der Waals surface area contributed by atoms with Crippen molar-refractivity contribution in [1.29, 1.82) is 0 Å². The van der Waals surface area contributed by atoms with Crippen LogP contribution in [0.2, 0.25) is 0 Å². The predicted octanol–water partition coefficient (Wildman–Crippen LogP) is 2.38. The van der Waals surface area contributed by atoms with Crippen LogP contribution in [0.15, 0.2) is 54.6 Å². The zero-order valence-corrected chi connectivity index (χ0v) is 10.5. The van der Waals surface area contributed by atoms with Gasteiger partial charge in [0.1, 0.15) is 0 Å². The Kier molecular flexibility index (Phi) is 4.15. The van der Waals surface area contributed by atoms with Gasteiger partial charge < -0.3 is 10.4 Å². The van der Waals surface area contributed by atoms with Crippen LogP contribution < -0.4 is 5.32 Å². The van der Waals surface area contributed by atoms with Gasteiger partial charge in [0, 0.05) is 17.2 Å². The van der Waals surface area contributed by atoms with Crippen LogP contribution in [0.3, 0.4) is 0 Å². The van der Waals surface area contributed by atoms with Crippen molar-refractivity contribution >= 4 is 17.6 Å². The second kappa shape index (κ2) is 6.21. The van der Waals surface area contributed by atoms with E-state index >= 15 is 0 Å². The summed E-state index contributed by atoms with van der Waals surface area (Å²) in [5, 5.41) is 11.4. The van der Waals surface area contributed by atoms with Crippen molar-refractivity contribution < 1.29 is 14.7 Å². The second-order valence-corrected chi connectivity index (χ2v) is 3.95. The van der Waals surface area contributed by atoms with Gasteiger partial charge in [0.05, 0.1) is 5.56 Å². The van der Waals surface area contributed by atoms with Crippen LogP contribution in [0.25, 0.3) is 0 Å². The Bertz CT molecular complexity index is 679. The first-order valence-corrected chi connectivity index (χ1v) is 5.86. The Morgan fingerprint density at radius 1 is 0.950 bits per heavy atom. The highest BCUT2D eigenvalue weighted by Crippen LogP contribution is 2.05. The average molecular weight is 265 g/mol. The van der Waals surface area contributed by atoms with E-state index in [1.807, 2.05) is 18.2 Å². The summed E-state index contributed by atoms with van der Waals surface area (Å²) in [4.78, 5) is 22.3. The minimum Gasteiger partial charge on any atom is -0.478 e. The van der Waals surface area contributed by atoms with Crippen molar-refractivity contribution in [2.24, 2.45) is 0 Å². The fraction of sp³-hybridized carbons (Fsp3) is 0. The molecule has 0 aliphatic carbocycles. The summed E-state index contributed by atoms with van der Waals surface area (Å²) in [6.45, 7) is 0. The largest absolute Gasteiger partial charge is 0.478 e. The van der Waals surface area contributed by atoms with Gasteiger partial charge in [-0.25, -0.2) is 4.79 Å². The highest BCUT2D eigenvalue weighted by atomic mass is 16.4.